The number of fused-ring (bicyclic) bond motifs is 1. The van der Waals surface area contributed by atoms with Crippen LogP contribution in [0.25, 0.3) is 21.9 Å². The minimum absolute atomic E-state index is 0. The van der Waals surface area contributed by atoms with E-state index >= 15 is 0 Å². The minimum atomic E-state index is 0. The summed E-state index contributed by atoms with van der Waals surface area (Å²) in [7, 11) is 0. The van der Waals surface area contributed by atoms with Crippen LogP contribution in [0.1, 0.15) is 11.1 Å². The predicted molar refractivity (Wildman–Crippen MR) is 125 cm³/mol. The Labute approximate surface area is 194 Å². The summed E-state index contributed by atoms with van der Waals surface area (Å²) in [6, 6.07) is 44.7. The van der Waals surface area contributed by atoms with Gasteiger partial charge in [-0.15, -0.1) is 29.0 Å². The molecule has 0 fully saturated rings. The van der Waals surface area contributed by atoms with Crippen LogP contribution in [0.2, 0.25) is 0 Å². The summed E-state index contributed by atoms with van der Waals surface area (Å²) in [5, 5.41) is 2.65. The predicted octanol–water partition coefficient (Wildman–Crippen LogP) is 7.70. The van der Waals surface area contributed by atoms with E-state index in [9.17, 15) is 0 Å². The molecule has 0 aliphatic heterocycles. The van der Waals surface area contributed by atoms with Crippen molar-refractivity contribution in [2.45, 2.75) is 12.8 Å². The second kappa shape index (κ2) is 11.4. The summed E-state index contributed by atoms with van der Waals surface area (Å²) in [5.41, 5.74) is 5.43. The van der Waals surface area contributed by atoms with E-state index in [0.29, 0.717) is 0 Å². The van der Waals surface area contributed by atoms with Crippen molar-refractivity contribution in [2.75, 3.05) is 0 Å². The molecule has 0 N–H and O–H groups in total. The maximum atomic E-state index is 2.18. The zero-order chi connectivity index (χ0) is 19.7. The van der Waals surface area contributed by atoms with Crippen molar-refractivity contribution < 1.29 is 21.7 Å². The van der Waals surface area contributed by atoms with Crippen molar-refractivity contribution in [3.8, 4) is 11.1 Å². The Bertz CT molecular complexity index is 1090. The molecule has 0 aromatic heterocycles. The SMILES string of the molecule is [Ti].c1ccc(-c2cccc3[cH-]ccc23)cc1.c1ccc(CCc2ccccc2)cc1. The second-order valence-corrected chi connectivity index (χ2v) is 7.17. The standard InChI is InChI=1S/C15H11.C14H14.Ti/c1-2-6-12(7-3-1)14-10-4-8-13-9-5-11-15(13)14;1-3-7-13(8-4-1)11-12-14-9-5-2-6-10-14;/h1-11H;1-10H,11-12H2;/q-1;;. The molecule has 0 bridgehead atoms. The molecule has 5 rings (SSSR count). The van der Waals surface area contributed by atoms with Crippen LogP contribution in [0.5, 0.6) is 0 Å². The van der Waals surface area contributed by atoms with Gasteiger partial charge in [0, 0.05) is 21.7 Å². The zero-order valence-electron chi connectivity index (χ0n) is 17.0. The van der Waals surface area contributed by atoms with Gasteiger partial charge in [0.05, 0.1) is 0 Å². The third-order valence-corrected chi connectivity index (χ3v) is 5.15. The molecule has 0 heterocycles. The summed E-state index contributed by atoms with van der Waals surface area (Å²) < 4.78 is 0. The first-order valence-corrected chi connectivity index (χ1v) is 10.2. The molecule has 0 unspecified atom stereocenters. The second-order valence-electron chi connectivity index (χ2n) is 7.17. The summed E-state index contributed by atoms with van der Waals surface area (Å²) in [4.78, 5) is 0. The fourth-order valence-electron chi connectivity index (χ4n) is 3.61. The Morgan fingerprint density at radius 2 is 1.03 bits per heavy atom. The molecule has 5 aromatic rings. The van der Waals surface area contributed by atoms with Gasteiger partial charge in [-0.1, -0.05) is 103 Å². The van der Waals surface area contributed by atoms with Gasteiger partial charge in [-0.2, -0.15) is 12.1 Å². The molecule has 0 radical (unpaired) electrons. The minimum Gasteiger partial charge on any atom is -0.168 e. The summed E-state index contributed by atoms with van der Waals surface area (Å²) in [5.74, 6) is 0. The van der Waals surface area contributed by atoms with Crippen LogP contribution >= 0.6 is 0 Å². The summed E-state index contributed by atoms with van der Waals surface area (Å²) >= 11 is 0. The Morgan fingerprint density at radius 3 is 1.60 bits per heavy atom. The van der Waals surface area contributed by atoms with Crippen molar-refractivity contribution >= 4 is 10.8 Å². The van der Waals surface area contributed by atoms with Gasteiger partial charge >= 0.3 is 0 Å². The van der Waals surface area contributed by atoms with Gasteiger partial charge in [0.15, 0.2) is 0 Å². The van der Waals surface area contributed by atoms with Gasteiger partial charge < -0.3 is 0 Å². The molecule has 0 aliphatic carbocycles. The van der Waals surface area contributed by atoms with Gasteiger partial charge in [0.1, 0.15) is 0 Å². The van der Waals surface area contributed by atoms with E-state index in [1.165, 1.54) is 33.0 Å². The van der Waals surface area contributed by atoms with Crippen molar-refractivity contribution in [1.82, 2.24) is 0 Å². The molecule has 0 saturated heterocycles. The van der Waals surface area contributed by atoms with Crippen LogP contribution in [0.4, 0.5) is 0 Å². The van der Waals surface area contributed by atoms with Crippen LogP contribution in [-0.2, 0) is 34.6 Å². The topological polar surface area (TPSA) is 0 Å². The molecule has 1 heteroatoms. The number of aryl methyl sites for hydroxylation is 2. The molecule has 0 saturated carbocycles. The Hall–Kier alpha value is -2.80. The maximum absolute atomic E-state index is 2.18. The fourth-order valence-corrected chi connectivity index (χ4v) is 3.61. The Kier molecular flexibility index (Phi) is 8.33. The van der Waals surface area contributed by atoms with Crippen molar-refractivity contribution in [3.05, 3.63) is 139 Å². The van der Waals surface area contributed by atoms with Gasteiger partial charge in [0.2, 0.25) is 0 Å². The summed E-state index contributed by atoms with van der Waals surface area (Å²) in [6.45, 7) is 0. The van der Waals surface area contributed by atoms with E-state index in [1.807, 2.05) is 0 Å². The smallest absolute Gasteiger partial charge is 0 e. The quantitative estimate of drug-likeness (QED) is 0.206. The van der Waals surface area contributed by atoms with Crippen LogP contribution in [0.3, 0.4) is 0 Å². The van der Waals surface area contributed by atoms with Crippen molar-refractivity contribution in [1.29, 1.82) is 0 Å². The Morgan fingerprint density at radius 1 is 0.500 bits per heavy atom. The molecular weight excluding hydrogens is 396 g/mol. The molecule has 0 spiro atoms. The molecule has 0 atom stereocenters. The molecule has 0 nitrogen and oxygen atoms in total. The first-order valence-electron chi connectivity index (χ1n) is 10.2. The average Bonchev–Trinajstić information content (AvgIpc) is 3.29. The first kappa shape index (κ1) is 21.9. The number of rotatable bonds is 4. The number of hydrogen-bond acceptors (Lipinski definition) is 0. The monoisotopic (exact) mass is 421 g/mol. The maximum Gasteiger partial charge on any atom is 0 e. The van der Waals surface area contributed by atoms with E-state index in [1.54, 1.807) is 0 Å². The molecule has 146 valence electrons. The van der Waals surface area contributed by atoms with Gasteiger partial charge in [-0.25, -0.2) is 0 Å². The Balaban J connectivity index is 0.000000166. The van der Waals surface area contributed by atoms with Gasteiger partial charge in [0.25, 0.3) is 0 Å². The normalized spacial score (nSPS) is 10.0. The third kappa shape index (κ3) is 5.86. The number of hydrogen-bond donors (Lipinski definition) is 0. The summed E-state index contributed by atoms with van der Waals surface area (Å²) in [6.07, 6.45) is 2.26. The molecule has 5 aromatic carbocycles. The molecule has 0 amide bonds. The number of benzene rings is 4. The largest absolute Gasteiger partial charge is 0.168 e. The molecule has 0 aliphatic rings. The fraction of sp³-hybridized carbons (Fsp3) is 0.0690. The van der Waals surface area contributed by atoms with Crippen LogP contribution in [-0.4, -0.2) is 0 Å². The van der Waals surface area contributed by atoms with E-state index in [-0.39, 0.29) is 21.7 Å². The van der Waals surface area contributed by atoms with Gasteiger partial charge in [-0.3, -0.25) is 0 Å². The zero-order valence-corrected chi connectivity index (χ0v) is 18.6. The first-order chi connectivity index (χ1) is 14.4. The van der Waals surface area contributed by atoms with E-state index < -0.39 is 0 Å². The van der Waals surface area contributed by atoms with E-state index in [0.717, 1.165) is 12.8 Å². The van der Waals surface area contributed by atoms with E-state index in [4.69, 9.17) is 0 Å². The van der Waals surface area contributed by atoms with Crippen molar-refractivity contribution in [2.24, 2.45) is 0 Å². The van der Waals surface area contributed by atoms with Crippen LogP contribution < -0.4 is 0 Å². The van der Waals surface area contributed by atoms with Crippen LogP contribution in [0, 0.1) is 0 Å². The van der Waals surface area contributed by atoms with Crippen LogP contribution in [0.15, 0.2) is 127 Å². The van der Waals surface area contributed by atoms with E-state index in [2.05, 4.69) is 127 Å². The van der Waals surface area contributed by atoms with Gasteiger partial charge in [-0.05, 0) is 29.5 Å². The third-order valence-electron chi connectivity index (χ3n) is 5.15. The average molecular weight is 421 g/mol. The molecular formula is C29H25Ti-. The van der Waals surface area contributed by atoms with Crippen molar-refractivity contribution in [3.63, 3.8) is 0 Å². The molecule has 30 heavy (non-hydrogen) atoms.